The first-order valence-corrected chi connectivity index (χ1v) is 12.5. The zero-order valence-electron chi connectivity index (χ0n) is 17.2. The average Bonchev–Trinajstić information content (AvgIpc) is 2.79. The van der Waals surface area contributed by atoms with Crippen LogP contribution >= 0.6 is 22.6 Å². The molecule has 0 radical (unpaired) electrons. The molecule has 5 heteroatoms. The third-order valence-electron chi connectivity index (χ3n) is 7.66. The quantitative estimate of drug-likeness (QED) is 0.132. The molecule has 5 rings (SSSR count). The lowest BCUT2D eigenvalue weighted by atomic mass is 9.69. The Morgan fingerprint density at radius 3 is 1.84 bits per heavy atom. The summed E-state index contributed by atoms with van der Waals surface area (Å²) in [5.74, 6) is -2.72. The first-order valence-electron chi connectivity index (χ1n) is 11.3. The van der Waals surface area contributed by atoms with E-state index in [-0.39, 0.29) is 16.7 Å². The minimum Gasteiger partial charge on any atom is -0.204 e. The van der Waals surface area contributed by atoms with Crippen LogP contribution in [0.1, 0.15) is 62.8 Å². The van der Waals surface area contributed by atoms with Crippen molar-refractivity contribution >= 4 is 44.1 Å². The van der Waals surface area contributed by atoms with E-state index in [0.29, 0.717) is 22.3 Å². The molecule has 0 heterocycles. The summed E-state index contributed by atoms with van der Waals surface area (Å²) in [6.07, 6.45) is 8.98. The molecular weight excluding hydrogens is 515 g/mol. The molecule has 2 fully saturated rings. The largest absolute Gasteiger partial charge is 0.204 e. The van der Waals surface area contributed by atoms with Crippen molar-refractivity contribution in [2.75, 3.05) is 0 Å². The highest BCUT2D eigenvalue weighted by Gasteiger charge is 2.32. The monoisotopic (exact) mass is 540 g/mol. The molecule has 0 bridgehead atoms. The highest BCUT2D eigenvalue weighted by Crippen LogP contribution is 2.45. The van der Waals surface area contributed by atoms with Gasteiger partial charge in [-0.1, -0.05) is 40.8 Å². The molecule has 31 heavy (non-hydrogen) atoms. The molecule has 2 aliphatic rings. The van der Waals surface area contributed by atoms with Gasteiger partial charge in [0, 0.05) is 14.7 Å². The SMILES string of the molecule is Fc1ccc2ccc3cc(C4CCC(C5CCC(I)CC5)CC4)c(F)c(F)c3c2c1F. The molecule has 0 nitrogen and oxygen atoms in total. The molecule has 0 aliphatic heterocycles. The fraction of sp³-hybridized carbons (Fsp3) is 0.462. The Balaban J connectivity index is 1.45. The van der Waals surface area contributed by atoms with Gasteiger partial charge in [0.05, 0.1) is 0 Å². The van der Waals surface area contributed by atoms with Crippen LogP contribution in [0.3, 0.4) is 0 Å². The summed E-state index contributed by atoms with van der Waals surface area (Å²) < 4.78 is 59.4. The molecule has 0 amide bonds. The number of rotatable bonds is 2. The molecule has 3 aromatic rings. The molecule has 0 aromatic heterocycles. The van der Waals surface area contributed by atoms with Gasteiger partial charge in [0.15, 0.2) is 23.3 Å². The van der Waals surface area contributed by atoms with Gasteiger partial charge in [-0.15, -0.1) is 0 Å². The predicted molar refractivity (Wildman–Crippen MR) is 126 cm³/mol. The van der Waals surface area contributed by atoms with E-state index in [0.717, 1.165) is 41.6 Å². The number of fused-ring (bicyclic) bond motifs is 3. The van der Waals surface area contributed by atoms with Crippen molar-refractivity contribution in [1.82, 2.24) is 0 Å². The van der Waals surface area contributed by atoms with Gasteiger partial charge in [0.25, 0.3) is 0 Å². The Labute approximate surface area is 193 Å². The van der Waals surface area contributed by atoms with Crippen LogP contribution in [0.2, 0.25) is 0 Å². The van der Waals surface area contributed by atoms with E-state index in [1.807, 2.05) is 0 Å². The number of hydrogen-bond donors (Lipinski definition) is 0. The van der Waals surface area contributed by atoms with Gasteiger partial charge in [-0.3, -0.25) is 0 Å². The summed E-state index contributed by atoms with van der Waals surface area (Å²) >= 11 is 2.55. The van der Waals surface area contributed by atoms with Crippen molar-refractivity contribution in [2.24, 2.45) is 11.8 Å². The number of hydrogen-bond acceptors (Lipinski definition) is 0. The van der Waals surface area contributed by atoms with Crippen molar-refractivity contribution in [3.63, 3.8) is 0 Å². The Kier molecular flexibility index (Phi) is 5.91. The van der Waals surface area contributed by atoms with E-state index < -0.39 is 23.3 Å². The first kappa shape index (κ1) is 21.5. The summed E-state index contributed by atoms with van der Waals surface area (Å²) in [5, 5.41) is 0.433. The van der Waals surface area contributed by atoms with Gasteiger partial charge >= 0.3 is 0 Å². The van der Waals surface area contributed by atoms with E-state index >= 15 is 8.78 Å². The molecule has 2 aliphatic carbocycles. The van der Waals surface area contributed by atoms with E-state index in [9.17, 15) is 8.78 Å². The molecule has 0 atom stereocenters. The van der Waals surface area contributed by atoms with Crippen molar-refractivity contribution in [2.45, 2.75) is 61.2 Å². The van der Waals surface area contributed by atoms with Crippen LogP contribution < -0.4 is 0 Å². The Morgan fingerprint density at radius 2 is 1.16 bits per heavy atom. The zero-order valence-corrected chi connectivity index (χ0v) is 19.4. The van der Waals surface area contributed by atoms with Gasteiger partial charge in [-0.2, -0.15) is 0 Å². The van der Waals surface area contributed by atoms with Crippen LogP contribution in [0.5, 0.6) is 0 Å². The lowest BCUT2D eigenvalue weighted by molar-refractivity contribution is 0.188. The van der Waals surface area contributed by atoms with Crippen LogP contribution in [0.15, 0.2) is 30.3 Å². The summed E-state index contributed by atoms with van der Waals surface area (Å²) in [5.41, 5.74) is 0.385. The lowest BCUT2D eigenvalue weighted by Gasteiger charge is -2.37. The number of alkyl halides is 1. The van der Waals surface area contributed by atoms with E-state index in [1.165, 1.54) is 31.7 Å². The van der Waals surface area contributed by atoms with Crippen molar-refractivity contribution in [3.05, 3.63) is 59.2 Å². The third-order valence-corrected chi connectivity index (χ3v) is 8.91. The highest BCUT2D eigenvalue weighted by atomic mass is 127. The van der Waals surface area contributed by atoms with Crippen LogP contribution in [-0.2, 0) is 0 Å². The number of halogens is 5. The van der Waals surface area contributed by atoms with Crippen LogP contribution in [0, 0.1) is 35.1 Å². The van der Waals surface area contributed by atoms with Crippen LogP contribution in [-0.4, -0.2) is 3.92 Å². The van der Waals surface area contributed by atoms with Crippen molar-refractivity contribution in [1.29, 1.82) is 0 Å². The fourth-order valence-corrected chi connectivity index (χ4v) is 6.66. The summed E-state index contributed by atoms with van der Waals surface area (Å²) in [4.78, 5) is 0. The van der Waals surface area contributed by atoms with Crippen LogP contribution in [0.25, 0.3) is 21.5 Å². The summed E-state index contributed by atoms with van der Waals surface area (Å²) in [6, 6.07) is 7.38. The minimum absolute atomic E-state index is 0.0240. The molecule has 0 spiro atoms. The van der Waals surface area contributed by atoms with E-state index in [4.69, 9.17) is 0 Å². The van der Waals surface area contributed by atoms with Crippen molar-refractivity contribution in [3.8, 4) is 0 Å². The number of benzene rings is 3. The van der Waals surface area contributed by atoms with Gasteiger partial charge in [0.1, 0.15) is 0 Å². The van der Waals surface area contributed by atoms with Gasteiger partial charge < -0.3 is 0 Å². The fourth-order valence-electron chi connectivity index (χ4n) is 5.94. The van der Waals surface area contributed by atoms with Gasteiger partial charge in [-0.25, -0.2) is 17.6 Å². The van der Waals surface area contributed by atoms with Gasteiger partial charge in [-0.05, 0) is 97.6 Å². The first-order chi connectivity index (χ1) is 14.9. The minimum atomic E-state index is -1.13. The van der Waals surface area contributed by atoms with Crippen molar-refractivity contribution < 1.29 is 17.6 Å². The normalized spacial score (nSPS) is 27.1. The summed E-state index contributed by atoms with van der Waals surface area (Å²) in [7, 11) is 0. The standard InChI is InChI=1S/C26H25F4I/c27-21-12-9-17-5-6-18-13-20(24(28)26(30)23(18)22(17)25(21)29)16-3-1-14(2-4-16)15-7-10-19(31)11-8-15/h5-6,9,12-16,19H,1-4,7-8,10-11H2. The lowest BCUT2D eigenvalue weighted by Crippen LogP contribution is -2.25. The topological polar surface area (TPSA) is 0 Å². The second kappa shape index (κ2) is 8.53. The summed E-state index contributed by atoms with van der Waals surface area (Å²) in [6.45, 7) is 0. The molecule has 164 valence electrons. The van der Waals surface area contributed by atoms with E-state index in [1.54, 1.807) is 18.2 Å². The van der Waals surface area contributed by atoms with Crippen LogP contribution in [0.4, 0.5) is 17.6 Å². The molecular formula is C26H25F4I. The maximum absolute atomic E-state index is 15.2. The Morgan fingerprint density at radius 1 is 0.613 bits per heavy atom. The highest BCUT2D eigenvalue weighted by molar-refractivity contribution is 14.1. The van der Waals surface area contributed by atoms with Gasteiger partial charge in [0.2, 0.25) is 0 Å². The average molecular weight is 540 g/mol. The molecule has 0 unspecified atom stereocenters. The second-order valence-corrected chi connectivity index (χ2v) is 11.1. The zero-order chi connectivity index (χ0) is 21.7. The smallest absolute Gasteiger partial charge is 0.167 e. The molecule has 2 saturated carbocycles. The maximum Gasteiger partial charge on any atom is 0.167 e. The Bertz CT molecular complexity index is 1130. The predicted octanol–water partition coefficient (Wildman–Crippen LogP) is 8.82. The third kappa shape index (κ3) is 3.85. The maximum atomic E-state index is 15.2. The van der Waals surface area contributed by atoms with E-state index in [2.05, 4.69) is 22.6 Å². The molecule has 0 saturated heterocycles. The second-order valence-electron chi connectivity index (χ2n) is 9.34. The Hall–Kier alpha value is -1.37. The molecule has 3 aromatic carbocycles. The molecule has 0 N–H and O–H groups in total.